The molecule has 5 aliphatic rings. The van der Waals surface area contributed by atoms with Crippen LogP contribution in [-0.2, 0) is 23.1 Å². The van der Waals surface area contributed by atoms with Gasteiger partial charge in [-0.2, -0.15) is 0 Å². The molecule has 0 unspecified atom stereocenters. The number of hydrogen-bond donors (Lipinski definition) is 3. The zero-order valence-corrected chi connectivity index (χ0v) is 21.9. The molecule has 1 amide bonds. The molecule has 2 aromatic carbocycles. The van der Waals surface area contributed by atoms with Crippen LogP contribution in [0.5, 0.6) is 11.5 Å². The predicted octanol–water partition coefficient (Wildman–Crippen LogP) is 4.10. The second-order valence-corrected chi connectivity index (χ2v) is 11.8. The lowest BCUT2D eigenvalue weighted by Crippen LogP contribution is -2.75. The molecule has 2 aromatic rings. The molecule has 7 rings (SSSR count). The molecule has 6 nitrogen and oxygen atoms in total. The van der Waals surface area contributed by atoms with Gasteiger partial charge in [0.1, 0.15) is 6.10 Å². The molecule has 2 bridgehead atoms. The quantitative estimate of drug-likeness (QED) is 0.552. The number of benzene rings is 2. The number of nitrogens with one attached hydrogen (secondary N) is 1. The number of likely N-dealkylation sites (tertiary alicyclic amines) is 1. The zero-order valence-electron chi connectivity index (χ0n) is 21.9. The Morgan fingerprint density at radius 1 is 1.14 bits per heavy atom. The average molecular weight is 505 g/mol. The maximum absolute atomic E-state index is 12.0. The van der Waals surface area contributed by atoms with Crippen LogP contribution in [0.4, 0.5) is 0 Å². The smallest absolute Gasteiger partial charge is 0.219 e. The Bertz CT molecular complexity index is 1150. The van der Waals surface area contributed by atoms with Gasteiger partial charge < -0.3 is 20.3 Å². The lowest BCUT2D eigenvalue weighted by atomic mass is 9.49. The summed E-state index contributed by atoms with van der Waals surface area (Å²) in [6.07, 6.45) is 9.98. The molecule has 0 radical (unpaired) electrons. The Hall–Kier alpha value is -2.57. The summed E-state index contributed by atoms with van der Waals surface area (Å²) in [5.41, 5.74) is 2.75. The van der Waals surface area contributed by atoms with E-state index in [1.54, 1.807) is 13.1 Å². The Morgan fingerprint density at radius 2 is 1.95 bits per heavy atom. The summed E-state index contributed by atoms with van der Waals surface area (Å²) in [6.45, 7) is 2.20. The second kappa shape index (κ2) is 9.63. The van der Waals surface area contributed by atoms with Gasteiger partial charge >= 0.3 is 0 Å². The monoisotopic (exact) mass is 504 g/mol. The van der Waals surface area contributed by atoms with Crippen molar-refractivity contribution >= 4 is 5.91 Å². The summed E-state index contributed by atoms with van der Waals surface area (Å²) in [4.78, 5) is 13.5. The minimum Gasteiger partial charge on any atom is -0.504 e. The largest absolute Gasteiger partial charge is 0.504 e. The van der Waals surface area contributed by atoms with E-state index in [1.165, 1.54) is 24.0 Å². The van der Waals surface area contributed by atoms with Crippen LogP contribution in [0.3, 0.4) is 0 Å². The van der Waals surface area contributed by atoms with Crippen molar-refractivity contribution in [2.75, 3.05) is 20.1 Å². The molecule has 1 saturated heterocycles. The molecular weight excluding hydrogens is 464 g/mol. The van der Waals surface area contributed by atoms with Crippen molar-refractivity contribution in [1.29, 1.82) is 0 Å². The number of carbonyl (C=O) groups excluding carboxylic acids is 1. The van der Waals surface area contributed by atoms with Gasteiger partial charge in [-0.05, 0) is 87.4 Å². The molecule has 198 valence electrons. The Kier molecular flexibility index (Phi) is 6.44. The summed E-state index contributed by atoms with van der Waals surface area (Å²) in [7, 11) is 1.67. The van der Waals surface area contributed by atoms with E-state index < -0.39 is 5.60 Å². The van der Waals surface area contributed by atoms with Gasteiger partial charge in [-0.3, -0.25) is 9.69 Å². The summed E-state index contributed by atoms with van der Waals surface area (Å²) in [5.74, 6) is 1.89. The number of carbonyl (C=O) groups is 1. The molecule has 0 aromatic heterocycles. The fourth-order valence-electron chi connectivity index (χ4n) is 7.70. The first kappa shape index (κ1) is 24.7. The maximum Gasteiger partial charge on any atom is 0.219 e. The van der Waals surface area contributed by atoms with E-state index in [0.717, 1.165) is 69.5 Å². The van der Waals surface area contributed by atoms with Crippen LogP contribution in [0.1, 0.15) is 68.1 Å². The molecule has 3 fully saturated rings. The van der Waals surface area contributed by atoms with Crippen molar-refractivity contribution in [2.24, 2.45) is 5.92 Å². The van der Waals surface area contributed by atoms with Crippen molar-refractivity contribution in [3.05, 3.63) is 59.2 Å². The van der Waals surface area contributed by atoms with E-state index in [9.17, 15) is 15.0 Å². The maximum atomic E-state index is 12.0. The number of phenolic OH excluding ortho intramolecular Hbond substituents is 1. The molecule has 3 N–H and O–H groups in total. The van der Waals surface area contributed by atoms with Crippen LogP contribution >= 0.6 is 0 Å². The van der Waals surface area contributed by atoms with Crippen LogP contribution in [0.25, 0.3) is 0 Å². The van der Waals surface area contributed by atoms with Crippen LogP contribution in [0.15, 0.2) is 42.5 Å². The van der Waals surface area contributed by atoms with Crippen molar-refractivity contribution < 1.29 is 19.7 Å². The molecule has 2 heterocycles. The molecule has 6 heteroatoms. The average Bonchev–Trinajstić information content (AvgIpc) is 3.65. The number of nitrogens with zero attached hydrogens (tertiary/aromatic N) is 1. The molecular formula is C31H40N2O4. The Morgan fingerprint density at radius 3 is 2.70 bits per heavy atom. The highest BCUT2D eigenvalue weighted by atomic mass is 16.5. The van der Waals surface area contributed by atoms with E-state index in [0.29, 0.717) is 12.2 Å². The van der Waals surface area contributed by atoms with E-state index in [2.05, 4.69) is 28.4 Å². The number of aryl methyl sites for hydroxylation is 1. The third kappa shape index (κ3) is 4.13. The number of ether oxygens (including phenoxy) is 1. The number of aliphatic hydroxyl groups is 1. The highest BCUT2D eigenvalue weighted by molar-refractivity contribution is 5.75. The highest BCUT2D eigenvalue weighted by Crippen LogP contribution is 2.65. The minimum absolute atomic E-state index is 0.0316. The van der Waals surface area contributed by atoms with Gasteiger partial charge in [-0.15, -0.1) is 0 Å². The third-order valence-corrected chi connectivity index (χ3v) is 9.66. The third-order valence-electron chi connectivity index (χ3n) is 9.66. The van der Waals surface area contributed by atoms with Crippen molar-refractivity contribution in [3.63, 3.8) is 0 Å². The second-order valence-electron chi connectivity index (χ2n) is 11.8. The van der Waals surface area contributed by atoms with E-state index in [1.807, 2.05) is 18.2 Å². The van der Waals surface area contributed by atoms with Crippen molar-refractivity contribution in [1.82, 2.24) is 10.2 Å². The van der Waals surface area contributed by atoms with Crippen LogP contribution in [0, 0.1) is 5.92 Å². The zero-order chi connectivity index (χ0) is 25.6. The number of piperidine rings is 1. The fourth-order valence-corrected chi connectivity index (χ4v) is 7.70. The van der Waals surface area contributed by atoms with Gasteiger partial charge in [0.2, 0.25) is 5.91 Å². The predicted molar refractivity (Wildman–Crippen MR) is 143 cm³/mol. The standard InChI is InChI=1S/C20H25NO3.C11H15NO/c22-14-6-5-13-10-15-20(23)7-1-2-16-19(20,17(13)18(14)24-16)8-9-21(15)11-12-3-4-12;1-12-11(13)9-5-8-10-6-3-2-4-7-10/h5-6,12,15-16,22-23H,1-4,7-11H2;2-4,6-7H,5,8-9H2,1H3,(H,12,13)/t15-,16+,19-,20-;/m1./s1. The Labute approximate surface area is 220 Å². The van der Waals surface area contributed by atoms with Gasteiger partial charge in [0.25, 0.3) is 0 Å². The van der Waals surface area contributed by atoms with Gasteiger partial charge in [0, 0.05) is 31.6 Å². The first-order valence-electron chi connectivity index (χ1n) is 14.2. The highest BCUT2D eigenvalue weighted by Gasteiger charge is 2.71. The first-order chi connectivity index (χ1) is 18.0. The normalized spacial score (nSPS) is 31.0. The lowest BCUT2D eigenvalue weighted by Gasteiger charge is -2.63. The lowest BCUT2D eigenvalue weighted by molar-refractivity contribution is -0.185. The van der Waals surface area contributed by atoms with E-state index in [4.69, 9.17) is 4.74 Å². The molecule has 4 atom stereocenters. The van der Waals surface area contributed by atoms with Crippen molar-refractivity contribution in [3.8, 4) is 11.5 Å². The van der Waals surface area contributed by atoms with Crippen LogP contribution < -0.4 is 10.1 Å². The molecule has 2 aliphatic heterocycles. The van der Waals surface area contributed by atoms with E-state index >= 15 is 0 Å². The fraction of sp³-hybridized carbons (Fsp3) is 0.581. The number of hydrogen-bond acceptors (Lipinski definition) is 5. The molecule has 1 spiro atoms. The van der Waals surface area contributed by atoms with E-state index in [-0.39, 0.29) is 29.2 Å². The minimum atomic E-state index is -0.699. The number of rotatable bonds is 6. The van der Waals surface area contributed by atoms with Gasteiger partial charge in [0.15, 0.2) is 11.5 Å². The first-order valence-corrected chi connectivity index (χ1v) is 14.2. The molecule has 3 aliphatic carbocycles. The summed E-state index contributed by atoms with van der Waals surface area (Å²) < 4.78 is 6.27. The number of amides is 1. The summed E-state index contributed by atoms with van der Waals surface area (Å²) in [6, 6.07) is 14.3. The van der Waals surface area contributed by atoms with Crippen LogP contribution in [-0.4, -0.2) is 58.9 Å². The van der Waals surface area contributed by atoms with Gasteiger partial charge in [-0.25, -0.2) is 0 Å². The summed E-state index contributed by atoms with van der Waals surface area (Å²) >= 11 is 0. The topological polar surface area (TPSA) is 82.0 Å². The molecule has 2 saturated carbocycles. The Balaban J connectivity index is 0.000000166. The van der Waals surface area contributed by atoms with Crippen molar-refractivity contribution in [2.45, 2.75) is 87.4 Å². The summed E-state index contributed by atoms with van der Waals surface area (Å²) in [5, 5.41) is 25.0. The van der Waals surface area contributed by atoms with Gasteiger partial charge in [-0.1, -0.05) is 36.4 Å². The number of aromatic hydroxyl groups is 1. The number of phenols is 1. The van der Waals surface area contributed by atoms with Crippen LogP contribution in [0.2, 0.25) is 0 Å². The van der Waals surface area contributed by atoms with Gasteiger partial charge in [0.05, 0.1) is 11.0 Å². The molecule has 37 heavy (non-hydrogen) atoms. The SMILES string of the molecule is CNC(=O)CCCc1ccccc1.Oc1ccc2c3c1O[C@H]1CCC[C@@]4(O)[C@@H](C2)N(CC2CC2)CC[C@]314.